The zero-order valence-corrected chi connectivity index (χ0v) is 4.47. The Morgan fingerprint density at radius 3 is 2.43 bits per heavy atom. The van der Waals surface area contributed by atoms with Gasteiger partial charge in [0.1, 0.15) is 0 Å². The highest BCUT2D eigenvalue weighted by molar-refractivity contribution is 6.13. The zero-order valence-electron chi connectivity index (χ0n) is 3.71. The van der Waals surface area contributed by atoms with Crippen LogP contribution in [0, 0.1) is 0 Å². The second-order valence-electron chi connectivity index (χ2n) is 0.994. The summed E-state index contributed by atoms with van der Waals surface area (Å²) >= 11 is 5.02. The molecular formula is C3H7ClN2O. The standard InChI is InChI=1S/C3H7ClN2O/c1-2-3(7)6(4)5/h2-3,7H,1,5H2. The van der Waals surface area contributed by atoms with Crippen molar-refractivity contribution in [3.63, 3.8) is 0 Å². The van der Waals surface area contributed by atoms with Gasteiger partial charge in [0.2, 0.25) is 0 Å². The Kier molecular flexibility index (Phi) is 2.95. The summed E-state index contributed by atoms with van der Waals surface area (Å²) in [6, 6.07) is 0. The Morgan fingerprint density at radius 1 is 2.00 bits per heavy atom. The molecule has 0 saturated carbocycles. The van der Waals surface area contributed by atoms with Crippen molar-refractivity contribution >= 4 is 11.8 Å². The van der Waals surface area contributed by atoms with Crippen molar-refractivity contribution in [2.75, 3.05) is 0 Å². The number of aliphatic hydroxyl groups is 1. The van der Waals surface area contributed by atoms with Crippen LogP contribution in [0.15, 0.2) is 12.7 Å². The van der Waals surface area contributed by atoms with Crippen LogP contribution in [-0.2, 0) is 0 Å². The van der Waals surface area contributed by atoms with E-state index in [1.54, 1.807) is 0 Å². The fourth-order valence-electron chi connectivity index (χ4n) is 0.101. The van der Waals surface area contributed by atoms with Gasteiger partial charge in [-0.25, -0.2) is 0 Å². The molecule has 3 N–H and O–H groups in total. The normalized spacial score (nSPS) is 14.3. The predicted octanol–water partition coefficient (Wildman–Crippen LogP) is -0.180. The molecule has 1 atom stereocenters. The fraction of sp³-hybridized carbons (Fsp3) is 0.333. The SMILES string of the molecule is C=CC(O)N(N)Cl. The van der Waals surface area contributed by atoms with E-state index in [9.17, 15) is 0 Å². The Morgan fingerprint density at radius 2 is 2.43 bits per heavy atom. The fourth-order valence-corrected chi connectivity index (χ4v) is 0.180. The van der Waals surface area contributed by atoms with Gasteiger partial charge in [-0.05, 0) is 17.9 Å². The first-order valence-electron chi connectivity index (χ1n) is 1.69. The van der Waals surface area contributed by atoms with E-state index in [1.165, 1.54) is 6.08 Å². The van der Waals surface area contributed by atoms with Crippen molar-refractivity contribution in [1.29, 1.82) is 0 Å². The monoisotopic (exact) mass is 122 g/mol. The zero-order chi connectivity index (χ0) is 5.86. The van der Waals surface area contributed by atoms with Gasteiger partial charge in [0.05, 0.1) is 0 Å². The lowest BCUT2D eigenvalue weighted by Gasteiger charge is -2.08. The third-order valence-corrected chi connectivity index (χ3v) is 0.664. The molecule has 0 radical (unpaired) electrons. The molecule has 1 unspecified atom stereocenters. The van der Waals surface area contributed by atoms with Crippen molar-refractivity contribution in [3.05, 3.63) is 12.7 Å². The average molecular weight is 123 g/mol. The van der Waals surface area contributed by atoms with Crippen LogP contribution >= 0.6 is 11.8 Å². The van der Waals surface area contributed by atoms with Crippen molar-refractivity contribution in [2.24, 2.45) is 5.84 Å². The van der Waals surface area contributed by atoms with Gasteiger partial charge < -0.3 is 5.11 Å². The number of hydrogen-bond acceptors (Lipinski definition) is 3. The molecule has 0 spiro atoms. The van der Waals surface area contributed by atoms with E-state index in [1.807, 2.05) is 0 Å². The van der Waals surface area contributed by atoms with Crippen molar-refractivity contribution in [3.8, 4) is 0 Å². The van der Waals surface area contributed by atoms with Crippen LogP contribution in [0.25, 0.3) is 0 Å². The molecule has 0 fully saturated rings. The molecule has 0 aliphatic rings. The summed E-state index contributed by atoms with van der Waals surface area (Å²) in [5.74, 6) is 4.82. The van der Waals surface area contributed by atoms with E-state index >= 15 is 0 Å². The summed E-state index contributed by atoms with van der Waals surface area (Å²) in [6.45, 7) is 3.23. The quantitative estimate of drug-likeness (QED) is 0.176. The van der Waals surface area contributed by atoms with Gasteiger partial charge in [0, 0.05) is 0 Å². The Bertz CT molecular complexity index is 66.0. The van der Waals surface area contributed by atoms with E-state index in [2.05, 4.69) is 6.58 Å². The van der Waals surface area contributed by atoms with Gasteiger partial charge in [-0.15, -0.1) is 4.53 Å². The van der Waals surface area contributed by atoms with Crippen LogP contribution in [0.4, 0.5) is 0 Å². The maximum atomic E-state index is 8.49. The lowest BCUT2D eigenvalue weighted by molar-refractivity contribution is 0.110. The maximum Gasteiger partial charge on any atom is 0.153 e. The molecule has 0 rings (SSSR count). The van der Waals surface area contributed by atoms with Crippen LogP contribution in [0.5, 0.6) is 0 Å². The molecule has 4 heteroatoms. The average Bonchev–Trinajstić information content (AvgIpc) is 1.65. The van der Waals surface area contributed by atoms with E-state index in [-0.39, 0.29) is 0 Å². The van der Waals surface area contributed by atoms with Gasteiger partial charge in [-0.2, -0.15) is 0 Å². The molecule has 0 aromatic heterocycles. The minimum absolute atomic E-state index is 0.632. The van der Waals surface area contributed by atoms with Gasteiger partial charge >= 0.3 is 0 Å². The van der Waals surface area contributed by atoms with Crippen LogP contribution < -0.4 is 5.84 Å². The number of hydrogen-bond donors (Lipinski definition) is 2. The molecule has 0 amide bonds. The largest absolute Gasteiger partial charge is 0.372 e. The highest BCUT2D eigenvalue weighted by atomic mass is 35.5. The first-order valence-corrected chi connectivity index (χ1v) is 2.02. The Hall–Kier alpha value is -0.0900. The first kappa shape index (κ1) is 6.91. The minimum Gasteiger partial charge on any atom is -0.372 e. The number of hydrazine groups is 1. The number of rotatable bonds is 2. The van der Waals surface area contributed by atoms with E-state index in [0.717, 1.165) is 0 Å². The molecular weight excluding hydrogens is 115 g/mol. The van der Waals surface area contributed by atoms with E-state index < -0.39 is 6.23 Å². The summed E-state index contributed by atoms with van der Waals surface area (Å²) in [4.78, 5) is 0. The molecule has 0 aliphatic heterocycles. The van der Waals surface area contributed by atoms with Gasteiger partial charge in [-0.1, -0.05) is 6.58 Å². The van der Waals surface area contributed by atoms with Crippen molar-refractivity contribution in [2.45, 2.75) is 6.23 Å². The molecule has 0 aromatic carbocycles. The van der Waals surface area contributed by atoms with Crippen LogP contribution in [0.2, 0.25) is 0 Å². The number of nitrogens with two attached hydrogens (primary N) is 1. The summed E-state index contributed by atoms with van der Waals surface area (Å²) < 4.78 is 0.632. The maximum absolute atomic E-state index is 8.49. The molecule has 7 heavy (non-hydrogen) atoms. The van der Waals surface area contributed by atoms with Crippen molar-refractivity contribution < 1.29 is 5.11 Å². The molecule has 42 valence electrons. The molecule has 0 aliphatic carbocycles. The van der Waals surface area contributed by atoms with E-state index in [4.69, 9.17) is 22.7 Å². The Balaban J connectivity index is 3.33. The van der Waals surface area contributed by atoms with Gasteiger partial charge in [0.25, 0.3) is 0 Å². The van der Waals surface area contributed by atoms with Crippen LogP contribution in [0.3, 0.4) is 0 Å². The molecule has 3 nitrogen and oxygen atoms in total. The summed E-state index contributed by atoms with van der Waals surface area (Å²) in [5, 5.41) is 8.49. The molecule has 0 aromatic rings. The minimum atomic E-state index is -0.957. The van der Waals surface area contributed by atoms with Crippen LogP contribution in [-0.4, -0.2) is 15.9 Å². The summed E-state index contributed by atoms with van der Waals surface area (Å²) in [5.41, 5.74) is 0. The molecule has 0 bridgehead atoms. The number of aliphatic hydroxyl groups excluding tert-OH is 1. The third-order valence-electron chi connectivity index (χ3n) is 0.464. The highest BCUT2D eigenvalue weighted by Gasteiger charge is 1.99. The van der Waals surface area contributed by atoms with Crippen LogP contribution in [0.1, 0.15) is 0 Å². The first-order chi connectivity index (χ1) is 3.18. The summed E-state index contributed by atoms with van der Waals surface area (Å²) in [7, 11) is 0. The lowest BCUT2D eigenvalue weighted by Crippen LogP contribution is -2.30. The lowest BCUT2D eigenvalue weighted by atomic mass is 10.6. The number of halogens is 1. The highest BCUT2D eigenvalue weighted by Crippen LogP contribution is 1.90. The Labute approximate surface area is 47.1 Å². The molecule has 0 heterocycles. The van der Waals surface area contributed by atoms with Gasteiger partial charge in [-0.3, -0.25) is 5.84 Å². The second-order valence-corrected chi connectivity index (χ2v) is 1.38. The second kappa shape index (κ2) is 2.98. The van der Waals surface area contributed by atoms with Gasteiger partial charge in [0.15, 0.2) is 6.23 Å². The predicted molar refractivity (Wildman–Crippen MR) is 28.1 cm³/mol. The van der Waals surface area contributed by atoms with E-state index in [0.29, 0.717) is 4.53 Å². The molecule has 0 saturated heterocycles. The smallest absolute Gasteiger partial charge is 0.153 e. The number of nitrogens with zero attached hydrogens (tertiary/aromatic N) is 1. The topological polar surface area (TPSA) is 49.5 Å². The third kappa shape index (κ3) is 2.59. The summed E-state index contributed by atoms with van der Waals surface area (Å²) in [6.07, 6.45) is 0.258. The van der Waals surface area contributed by atoms with Crippen molar-refractivity contribution in [1.82, 2.24) is 4.53 Å².